The minimum Gasteiger partial charge on any atom is -0.288 e. The maximum absolute atomic E-state index is 8.46. The van der Waals surface area contributed by atoms with Crippen molar-refractivity contribution in [3.63, 3.8) is 0 Å². The number of fused-ring (bicyclic) bond motifs is 1. The number of rotatable bonds is 1. The van der Waals surface area contributed by atoms with Gasteiger partial charge in [-0.25, -0.2) is 0 Å². The number of anilines is 1. The molecule has 2 aromatic carbocycles. The van der Waals surface area contributed by atoms with Crippen molar-refractivity contribution in [3.05, 3.63) is 63.6 Å². The van der Waals surface area contributed by atoms with Crippen molar-refractivity contribution in [2.24, 2.45) is 4.99 Å². The van der Waals surface area contributed by atoms with Crippen LogP contribution < -0.4 is 4.90 Å². The molecule has 0 saturated heterocycles. The maximum Gasteiger partial charge on any atom is 0.131 e. The minimum atomic E-state index is -0.326. The SMILES string of the molecule is CC(=N)N1C(=N)[C@H](C)N=C(c2ccc(C)cc2)c2cc(Br)ccc21. The molecule has 2 N–H and O–H groups in total. The van der Waals surface area contributed by atoms with Gasteiger partial charge in [0.25, 0.3) is 0 Å². The topological polar surface area (TPSA) is 63.3 Å². The molecule has 122 valence electrons. The predicted molar refractivity (Wildman–Crippen MR) is 104 cm³/mol. The first-order valence-electron chi connectivity index (χ1n) is 7.77. The Labute approximate surface area is 150 Å². The van der Waals surface area contributed by atoms with E-state index in [9.17, 15) is 0 Å². The third kappa shape index (κ3) is 2.91. The minimum absolute atomic E-state index is 0.313. The van der Waals surface area contributed by atoms with E-state index >= 15 is 0 Å². The van der Waals surface area contributed by atoms with Crippen LogP contribution in [0, 0.1) is 17.7 Å². The lowest BCUT2D eigenvalue weighted by Crippen LogP contribution is -2.39. The number of benzene rings is 2. The third-order valence-electron chi connectivity index (χ3n) is 4.07. The first kappa shape index (κ1) is 16.6. The van der Waals surface area contributed by atoms with Crippen molar-refractivity contribution in [2.45, 2.75) is 26.8 Å². The Balaban J connectivity index is 2.28. The number of halogens is 1. The van der Waals surface area contributed by atoms with Crippen LogP contribution in [0.2, 0.25) is 0 Å². The molecule has 0 radical (unpaired) electrons. The first-order chi connectivity index (χ1) is 11.4. The molecular weight excluding hydrogens is 364 g/mol. The number of benzodiazepines with no additional fused rings is 1. The standard InChI is InChI=1S/C19H19BrN4/c1-11-4-6-14(7-5-11)18-16-10-15(20)8-9-17(16)24(13(3)21)19(22)12(2)23-18/h4-10,12,21-22H,1-3H3/t12-/m0/s1. The molecule has 24 heavy (non-hydrogen) atoms. The quantitative estimate of drug-likeness (QED) is 0.540. The van der Waals surface area contributed by atoms with Gasteiger partial charge in [-0.15, -0.1) is 0 Å². The van der Waals surface area contributed by atoms with E-state index in [1.165, 1.54) is 5.56 Å². The van der Waals surface area contributed by atoms with E-state index < -0.39 is 0 Å². The second-order valence-electron chi connectivity index (χ2n) is 5.99. The molecule has 0 saturated carbocycles. The molecule has 1 aliphatic heterocycles. The van der Waals surface area contributed by atoms with E-state index in [1.54, 1.807) is 11.8 Å². The average molecular weight is 383 g/mol. The molecule has 0 aromatic heterocycles. The van der Waals surface area contributed by atoms with Gasteiger partial charge in [-0.2, -0.15) is 0 Å². The summed E-state index contributed by atoms with van der Waals surface area (Å²) in [5.41, 5.74) is 4.81. The third-order valence-corrected chi connectivity index (χ3v) is 4.57. The number of hydrogen-bond acceptors (Lipinski definition) is 3. The van der Waals surface area contributed by atoms with Crippen LogP contribution in [0.5, 0.6) is 0 Å². The second-order valence-corrected chi connectivity index (χ2v) is 6.90. The molecule has 3 rings (SSSR count). The van der Waals surface area contributed by atoms with Crippen LogP contribution in [-0.4, -0.2) is 23.4 Å². The Morgan fingerprint density at radius 1 is 1.17 bits per heavy atom. The van der Waals surface area contributed by atoms with Crippen molar-refractivity contribution in [1.29, 1.82) is 10.8 Å². The molecule has 0 unspecified atom stereocenters. The summed E-state index contributed by atoms with van der Waals surface area (Å²) >= 11 is 3.53. The number of nitrogens with one attached hydrogen (secondary N) is 2. The zero-order valence-electron chi connectivity index (χ0n) is 13.9. The fraction of sp³-hybridized carbons (Fsp3) is 0.211. The summed E-state index contributed by atoms with van der Waals surface area (Å²) in [5, 5.41) is 16.6. The normalized spacial score (nSPS) is 17.2. The van der Waals surface area contributed by atoms with Gasteiger partial charge in [0.15, 0.2) is 0 Å². The van der Waals surface area contributed by atoms with Gasteiger partial charge in [-0.3, -0.25) is 20.7 Å². The van der Waals surface area contributed by atoms with Crippen molar-refractivity contribution >= 4 is 39.0 Å². The second kappa shape index (κ2) is 6.32. The van der Waals surface area contributed by atoms with Crippen LogP contribution >= 0.6 is 15.9 Å². The monoisotopic (exact) mass is 382 g/mol. The summed E-state index contributed by atoms with van der Waals surface area (Å²) in [7, 11) is 0. The van der Waals surface area contributed by atoms with Gasteiger partial charge in [0.1, 0.15) is 17.7 Å². The van der Waals surface area contributed by atoms with Gasteiger partial charge in [0.05, 0.1) is 11.4 Å². The molecule has 4 nitrogen and oxygen atoms in total. The number of amidine groups is 2. The summed E-state index contributed by atoms with van der Waals surface area (Å²) in [6.07, 6.45) is 0. The lowest BCUT2D eigenvalue weighted by atomic mass is 9.99. The largest absolute Gasteiger partial charge is 0.288 e. The van der Waals surface area contributed by atoms with E-state index in [2.05, 4.69) is 47.1 Å². The molecule has 0 bridgehead atoms. The smallest absolute Gasteiger partial charge is 0.131 e. The Morgan fingerprint density at radius 3 is 2.46 bits per heavy atom. The summed E-state index contributed by atoms with van der Waals surface area (Å²) < 4.78 is 0.949. The van der Waals surface area contributed by atoms with E-state index in [4.69, 9.17) is 15.8 Å². The molecule has 2 aromatic rings. The van der Waals surface area contributed by atoms with Crippen LogP contribution in [0.25, 0.3) is 0 Å². The number of aliphatic imine (C=N–C) groups is 1. The van der Waals surface area contributed by atoms with Crippen LogP contribution in [0.4, 0.5) is 5.69 Å². The highest BCUT2D eigenvalue weighted by Gasteiger charge is 2.28. The zero-order chi connectivity index (χ0) is 17.4. The van der Waals surface area contributed by atoms with Crippen molar-refractivity contribution in [3.8, 4) is 0 Å². The van der Waals surface area contributed by atoms with Crippen LogP contribution in [0.15, 0.2) is 51.9 Å². The van der Waals surface area contributed by atoms with Crippen LogP contribution in [0.3, 0.4) is 0 Å². The predicted octanol–water partition coefficient (Wildman–Crippen LogP) is 4.78. The summed E-state index contributed by atoms with van der Waals surface area (Å²) in [5.74, 6) is 0.629. The fourth-order valence-electron chi connectivity index (χ4n) is 2.84. The summed E-state index contributed by atoms with van der Waals surface area (Å²) in [4.78, 5) is 6.47. The number of hydrogen-bond donors (Lipinski definition) is 2. The molecule has 1 heterocycles. The fourth-order valence-corrected chi connectivity index (χ4v) is 3.20. The van der Waals surface area contributed by atoms with Crippen molar-refractivity contribution in [2.75, 3.05) is 4.90 Å². The molecule has 5 heteroatoms. The highest BCUT2D eigenvalue weighted by Crippen LogP contribution is 2.31. The molecule has 0 spiro atoms. The van der Waals surface area contributed by atoms with E-state index in [-0.39, 0.29) is 6.04 Å². The highest BCUT2D eigenvalue weighted by atomic mass is 79.9. The van der Waals surface area contributed by atoms with Gasteiger partial charge in [0, 0.05) is 15.6 Å². The molecule has 0 amide bonds. The molecule has 1 aliphatic rings. The average Bonchev–Trinajstić information content (AvgIpc) is 2.64. The molecule has 1 atom stereocenters. The van der Waals surface area contributed by atoms with Crippen LogP contribution in [0.1, 0.15) is 30.5 Å². The van der Waals surface area contributed by atoms with Crippen molar-refractivity contribution in [1.82, 2.24) is 0 Å². The summed E-state index contributed by atoms with van der Waals surface area (Å²) in [6, 6.07) is 13.8. The van der Waals surface area contributed by atoms with E-state index in [0.717, 1.165) is 27.0 Å². The maximum atomic E-state index is 8.46. The van der Waals surface area contributed by atoms with E-state index in [1.807, 2.05) is 25.1 Å². The Bertz CT molecular complexity index is 852. The Kier molecular flexibility index (Phi) is 4.37. The number of aryl methyl sites for hydroxylation is 1. The summed E-state index contributed by atoms with van der Waals surface area (Å²) in [6.45, 7) is 5.65. The van der Waals surface area contributed by atoms with Gasteiger partial charge in [0.2, 0.25) is 0 Å². The molecule has 0 aliphatic carbocycles. The molecular formula is C19H19BrN4. The molecule has 0 fully saturated rings. The van der Waals surface area contributed by atoms with Gasteiger partial charge < -0.3 is 0 Å². The van der Waals surface area contributed by atoms with Crippen LogP contribution in [-0.2, 0) is 0 Å². The Hall–Kier alpha value is -2.27. The van der Waals surface area contributed by atoms with Gasteiger partial charge in [-0.1, -0.05) is 45.8 Å². The van der Waals surface area contributed by atoms with Crippen molar-refractivity contribution < 1.29 is 0 Å². The number of nitrogens with zero attached hydrogens (tertiary/aromatic N) is 2. The van der Waals surface area contributed by atoms with Gasteiger partial charge >= 0.3 is 0 Å². The van der Waals surface area contributed by atoms with E-state index in [0.29, 0.717) is 11.7 Å². The lowest BCUT2D eigenvalue weighted by Gasteiger charge is -2.25. The lowest BCUT2D eigenvalue weighted by molar-refractivity contribution is 0.950. The van der Waals surface area contributed by atoms with Gasteiger partial charge in [-0.05, 0) is 39.0 Å². The Morgan fingerprint density at radius 2 is 1.83 bits per heavy atom. The first-order valence-corrected chi connectivity index (χ1v) is 8.56. The highest BCUT2D eigenvalue weighted by molar-refractivity contribution is 9.10. The zero-order valence-corrected chi connectivity index (χ0v) is 15.5.